The Bertz CT molecular complexity index is 347. The Balaban J connectivity index is 0.00000225. The van der Waals surface area contributed by atoms with Crippen LogP contribution in [0.4, 0.5) is 5.69 Å². The van der Waals surface area contributed by atoms with Crippen molar-refractivity contribution in [1.29, 1.82) is 0 Å². The molecule has 1 atom stereocenters. The number of nitrogens with two attached hydrogens (primary N) is 2. The number of nitrogens with zero attached hydrogens (tertiary/aromatic N) is 1. The lowest BCUT2D eigenvalue weighted by Crippen LogP contribution is -2.12. The highest BCUT2D eigenvalue weighted by atomic mass is 35.5. The van der Waals surface area contributed by atoms with Gasteiger partial charge in [-0.3, -0.25) is 10.1 Å². The summed E-state index contributed by atoms with van der Waals surface area (Å²) in [5.41, 5.74) is 12.1. The average molecular weight is 246 g/mol. The molecule has 1 aromatic rings. The summed E-state index contributed by atoms with van der Waals surface area (Å²) in [5.74, 6) is 0. The van der Waals surface area contributed by atoms with Crippen LogP contribution in [-0.2, 0) is 0 Å². The van der Waals surface area contributed by atoms with Gasteiger partial charge in [0.05, 0.1) is 4.92 Å². The third-order valence-corrected chi connectivity index (χ3v) is 2.23. The first-order valence-electron chi connectivity index (χ1n) is 4.85. The van der Waals surface area contributed by atoms with E-state index in [2.05, 4.69) is 0 Å². The second kappa shape index (κ2) is 7.16. The zero-order valence-corrected chi connectivity index (χ0v) is 9.65. The van der Waals surface area contributed by atoms with Gasteiger partial charge in [-0.25, -0.2) is 0 Å². The summed E-state index contributed by atoms with van der Waals surface area (Å²) in [6.45, 7) is 0.586. The van der Waals surface area contributed by atoms with Crippen molar-refractivity contribution in [3.05, 3.63) is 39.9 Å². The predicted octanol–water partition coefficient (Wildman–Crippen LogP) is 1.76. The Morgan fingerprint density at radius 1 is 1.44 bits per heavy atom. The summed E-state index contributed by atoms with van der Waals surface area (Å²) in [6, 6.07) is 6.25. The number of benzene rings is 1. The Morgan fingerprint density at radius 2 is 2.12 bits per heavy atom. The van der Waals surface area contributed by atoms with Gasteiger partial charge in [0.25, 0.3) is 5.69 Å². The minimum absolute atomic E-state index is 0. The van der Waals surface area contributed by atoms with Crippen LogP contribution in [0.25, 0.3) is 0 Å². The first-order chi connectivity index (χ1) is 7.15. The molecule has 0 radical (unpaired) electrons. The van der Waals surface area contributed by atoms with Gasteiger partial charge in [0.2, 0.25) is 0 Å². The van der Waals surface area contributed by atoms with Gasteiger partial charge in [0.1, 0.15) is 0 Å². The van der Waals surface area contributed by atoms with Crippen molar-refractivity contribution in [3.63, 3.8) is 0 Å². The summed E-state index contributed by atoms with van der Waals surface area (Å²) in [4.78, 5) is 10.1. The maximum atomic E-state index is 10.5. The van der Waals surface area contributed by atoms with E-state index in [9.17, 15) is 10.1 Å². The monoisotopic (exact) mass is 245 g/mol. The second-order valence-electron chi connectivity index (χ2n) is 3.39. The smallest absolute Gasteiger partial charge is 0.269 e. The summed E-state index contributed by atoms with van der Waals surface area (Å²) in [5, 5.41) is 10.5. The molecule has 1 aromatic carbocycles. The molecule has 0 heterocycles. The van der Waals surface area contributed by atoms with E-state index in [1.54, 1.807) is 12.1 Å². The molecule has 0 aliphatic carbocycles. The molecule has 0 spiro atoms. The van der Waals surface area contributed by atoms with E-state index in [0.717, 1.165) is 18.4 Å². The number of halogens is 1. The average Bonchev–Trinajstić information content (AvgIpc) is 2.26. The van der Waals surface area contributed by atoms with Crippen molar-refractivity contribution < 1.29 is 4.92 Å². The lowest BCUT2D eigenvalue weighted by Gasteiger charge is -2.10. The fourth-order valence-electron chi connectivity index (χ4n) is 1.37. The van der Waals surface area contributed by atoms with Crippen molar-refractivity contribution in [2.24, 2.45) is 11.5 Å². The van der Waals surface area contributed by atoms with Crippen molar-refractivity contribution >= 4 is 18.1 Å². The lowest BCUT2D eigenvalue weighted by atomic mass is 10.0. The molecule has 5 nitrogen and oxygen atoms in total. The Morgan fingerprint density at radius 3 is 2.69 bits per heavy atom. The molecule has 0 amide bonds. The van der Waals surface area contributed by atoms with Crippen LogP contribution in [-0.4, -0.2) is 11.5 Å². The largest absolute Gasteiger partial charge is 0.330 e. The molecule has 1 rings (SSSR count). The molecule has 4 N–H and O–H groups in total. The van der Waals surface area contributed by atoms with Gasteiger partial charge in [0, 0.05) is 18.2 Å². The van der Waals surface area contributed by atoms with Crippen LogP contribution in [0.5, 0.6) is 0 Å². The van der Waals surface area contributed by atoms with Crippen LogP contribution in [0.3, 0.4) is 0 Å². The maximum Gasteiger partial charge on any atom is 0.269 e. The Labute approximate surface area is 100 Å². The fourth-order valence-corrected chi connectivity index (χ4v) is 1.37. The van der Waals surface area contributed by atoms with Crippen molar-refractivity contribution in [3.8, 4) is 0 Å². The standard InChI is InChI=1S/C10H15N3O2.ClH/c11-6-2-5-10(12)8-3-1-4-9(7-8)13(14)15;/h1,3-4,7,10H,2,5-6,11-12H2;1H/t10-;/m0./s1. The van der Waals surface area contributed by atoms with E-state index >= 15 is 0 Å². The van der Waals surface area contributed by atoms with Gasteiger partial charge >= 0.3 is 0 Å². The maximum absolute atomic E-state index is 10.5. The minimum Gasteiger partial charge on any atom is -0.330 e. The van der Waals surface area contributed by atoms with Gasteiger partial charge in [-0.15, -0.1) is 12.4 Å². The van der Waals surface area contributed by atoms with Gasteiger partial charge in [-0.1, -0.05) is 12.1 Å². The highest BCUT2D eigenvalue weighted by Crippen LogP contribution is 2.20. The van der Waals surface area contributed by atoms with Crippen LogP contribution in [0.1, 0.15) is 24.4 Å². The van der Waals surface area contributed by atoms with Crippen LogP contribution < -0.4 is 11.5 Å². The van der Waals surface area contributed by atoms with E-state index in [4.69, 9.17) is 11.5 Å². The molecule has 0 saturated heterocycles. The molecule has 0 bridgehead atoms. The number of hydrogen-bond acceptors (Lipinski definition) is 4. The van der Waals surface area contributed by atoms with Crippen molar-refractivity contribution in [1.82, 2.24) is 0 Å². The normalized spacial score (nSPS) is 11.6. The molecule has 16 heavy (non-hydrogen) atoms. The zero-order valence-electron chi connectivity index (χ0n) is 8.83. The number of non-ortho nitro benzene ring substituents is 1. The molecular weight excluding hydrogens is 230 g/mol. The van der Waals surface area contributed by atoms with Crippen molar-refractivity contribution in [2.45, 2.75) is 18.9 Å². The van der Waals surface area contributed by atoms with E-state index in [1.807, 2.05) is 0 Å². The van der Waals surface area contributed by atoms with Crippen LogP contribution in [0, 0.1) is 10.1 Å². The SMILES string of the molecule is Cl.NCCC[C@H](N)c1cccc([N+](=O)[O-])c1. The molecule has 0 fully saturated rings. The zero-order chi connectivity index (χ0) is 11.3. The number of nitro benzene ring substituents is 1. The van der Waals surface area contributed by atoms with Gasteiger partial charge < -0.3 is 11.5 Å². The quantitative estimate of drug-likeness (QED) is 0.610. The van der Waals surface area contributed by atoms with Crippen molar-refractivity contribution in [2.75, 3.05) is 6.54 Å². The predicted molar refractivity (Wildman–Crippen MR) is 65.6 cm³/mol. The number of hydrogen-bond donors (Lipinski definition) is 2. The third-order valence-electron chi connectivity index (χ3n) is 2.23. The van der Waals surface area contributed by atoms with E-state index in [1.165, 1.54) is 12.1 Å². The molecule has 0 saturated carbocycles. The Kier molecular flexibility index (Phi) is 6.64. The van der Waals surface area contributed by atoms with E-state index in [-0.39, 0.29) is 24.1 Å². The highest BCUT2D eigenvalue weighted by molar-refractivity contribution is 5.85. The third kappa shape index (κ3) is 4.14. The first-order valence-corrected chi connectivity index (χ1v) is 4.85. The second-order valence-corrected chi connectivity index (χ2v) is 3.39. The summed E-state index contributed by atoms with van der Waals surface area (Å²) >= 11 is 0. The minimum atomic E-state index is -0.418. The number of nitro groups is 1. The van der Waals surface area contributed by atoms with Gasteiger partial charge in [0.15, 0.2) is 0 Å². The Hall–Kier alpha value is -1.17. The topological polar surface area (TPSA) is 95.2 Å². The van der Waals surface area contributed by atoms with E-state index in [0.29, 0.717) is 6.54 Å². The molecule has 0 aliphatic rings. The summed E-state index contributed by atoms with van der Waals surface area (Å²) in [7, 11) is 0. The van der Waals surface area contributed by atoms with Gasteiger partial charge in [-0.05, 0) is 24.9 Å². The summed E-state index contributed by atoms with van der Waals surface area (Å²) in [6.07, 6.45) is 1.57. The molecule has 0 unspecified atom stereocenters. The molecule has 0 aromatic heterocycles. The lowest BCUT2D eigenvalue weighted by molar-refractivity contribution is -0.384. The molecule has 0 aliphatic heterocycles. The highest BCUT2D eigenvalue weighted by Gasteiger charge is 2.10. The summed E-state index contributed by atoms with van der Waals surface area (Å²) < 4.78 is 0. The van der Waals surface area contributed by atoms with E-state index < -0.39 is 4.92 Å². The molecular formula is C10H16ClN3O2. The molecule has 6 heteroatoms. The number of rotatable bonds is 5. The van der Waals surface area contributed by atoms with Gasteiger partial charge in [-0.2, -0.15) is 0 Å². The fraction of sp³-hybridized carbons (Fsp3) is 0.400. The van der Waals surface area contributed by atoms with Crippen LogP contribution >= 0.6 is 12.4 Å². The molecule has 90 valence electrons. The van der Waals surface area contributed by atoms with Crippen LogP contribution in [0.15, 0.2) is 24.3 Å². The van der Waals surface area contributed by atoms with Crippen LogP contribution in [0.2, 0.25) is 0 Å². The first kappa shape index (κ1) is 14.8.